The van der Waals surface area contributed by atoms with Crippen molar-refractivity contribution in [2.24, 2.45) is 11.8 Å². The van der Waals surface area contributed by atoms with Gasteiger partial charge in [-0.25, -0.2) is 0 Å². The predicted molar refractivity (Wildman–Crippen MR) is 85.7 cm³/mol. The van der Waals surface area contributed by atoms with Gasteiger partial charge in [-0.1, -0.05) is 6.42 Å². The molecule has 3 saturated heterocycles. The lowest BCUT2D eigenvalue weighted by Crippen LogP contribution is -2.65. The van der Waals surface area contributed by atoms with E-state index in [4.69, 9.17) is 5.73 Å². The summed E-state index contributed by atoms with van der Waals surface area (Å²) in [6.07, 6.45) is 4.79. The Morgan fingerprint density at radius 3 is 2.96 bits per heavy atom. The lowest BCUT2D eigenvalue weighted by molar-refractivity contribution is -0.0795. The summed E-state index contributed by atoms with van der Waals surface area (Å²) in [6, 6.07) is 2.31. The quantitative estimate of drug-likeness (QED) is 0.728. The van der Waals surface area contributed by atoms with Crippen LogP contribution in [0.3, 0.4) is 0 Å². The van der Waals surface area contributed by atoms with Gasteiger partial charge in [-0.3, -0.25) is 14.8 Å². The van der Waals surface area contributed by atoms with Crippen LogP contribution in [0, 0.1) is 11.8 Å². The van der Waals surface area contributed by atoms with Gasteiger partial charge in [0, 0.05) is 31.2 Å². The number of fused-ring (bicyclic) bond motifs is 4. The van der Waals surface area contributed by atoms with E-state index < -0.39 is 0 Å². The number of nitrogens with one attached hydrogen (secondary N) is 1. The molecule has 0 unspecified atom stereocenters. The van der Waals surface area contributed by atoms with Crippen molar-refractivity contribution in [3.05, 3.63) is 11.8 Å². The molecule has 3 aliphatic heterocycles. The van der Waals surface area contributed by atoms with Crippen molar-refractivity contribution in [1.29, 1.82) is 0 Å². The molecule has 0 saturated carbocycles. The third-order valence-corrected chi connectivity index (χ3v) is 5.92. The molecule has 1 aromatic rings. The molecule has 126 valence electrons. The van der Waals surface area contributed by atoms with Crippen LogP contribution < -0.4 is 5.73 Å². The average molecular weight is 319 g/mol. The first kappa shape index (κ1) is 15.0. The maximum absolute atomic E-state index is 12.7. The van der Waals surface area contributed by atoms with Gasteiger partial charge in [-0.05, 0) is 37.6 Å². The molecule has 2 bridgehead atoms. The zero-order chi connectivity index (χ0) is 16.0. The molecule has 0 aromatic carbocycles. The lowest BCUT2D eigenvalue weighted by Gasteiger charge is -2.56. The Balaban J connectivity index is 1.56. The highest BCUT2D eigenvalue weighted by atomic mass is 16.3. The Hall–Kier alpha value is -1.60. The molecule has 0 aliphatic carbocycles. The van der Waals surface area contributed by atoms with Crippen molar-refractivity contribution in [3.63, 3.8) is 0 Å². The van der Waals surface area contributed by atoms with Crippen LogP contribution in [0.2, 0.25) is 0 Å². The summed E-state index contributed by atoms with van der Waals surface area (Å²) in [5, 5.41) is 16.5. The van der Waals surface area contributed by atoms with Crippen LogP contribution in [0.15, 0.2) is 6.07 Å². The van der Waals surface area contributed by atoms with Gasteiger partial charge in [0.1, 0.15) is 11.5 Å². The number of nitrogens with two attached hydrogens (primary N) is 1. The molecular formula is C16H25N5O2. The molecule has 4 atom stereocenters. The number of carbonyl (C=O) groups is 1. The zero-order valence-corrected chi connectivity index (χ0v) is 13.3. The Morgan fingerprint density at radius 1 is 1.39 bits per heavy atom. The number of aliphatic hydroxyl groups is 1. The summed E-state index contributed by atoms with van der Waals surface area (Å²) < 4.78 is 0. The minimum Gasteiger partial charge on any atom is -0.395 e. The first-order valence-electron chi connectivity index (χ1n) is 8.64. The van der Waals surface area contributed by atoms with Crippen LogP contribution in [0.5, 0.6) is 0 Å². The van der Waals surface area contributed by atoms with Crippen molar-refractivity contribution in [2.45, 2.75) is 37.8 Å². The van der Waals surface area contributed by atoms with Crippen LogP contribution in [0.25, 0.3) is 0 Å². The Labute approximate surface area is 135 Å². The molecule has 4 heterocycles. The molecule has 1 amide bonds. The normalized spacial score (nSPS) is 34.2. The van der Waals surface area contributed by atoms with Gasteiger partial charge in [0.15, 0.2) is 0 Å². The Bertz CT molecular complexity index is 575. The van der Waals surface area contributed by atoms with Gasteiger partial charge in [-0.2, -0.15) is 5.10 Å². The fraction of sp³-hybridized carbons (Fsp3) is 0.750. The summed E-state index contributed by atoms with van der Waals surface area (Å²) in [7, 11) is 0. The second kappa shape index (κ2) is 5.79. The van der Waals surface area contributed by atoms with E-state index in [2.05, 4.69) is 15.1 Å². The highest BCUT2D eigenvalue weighted by Gasteiger charge is 2.47. The minimum absolute atomic E-state index is 0.0233. The van der Waals surface area contributed by atoms with Gasteiger partial charge in [0.05, 0.1) is 6.61 Å². The number of amides is 1. The number of aromatic amines is 1. The number of carbonyl (C=O) groups excluding carboxylic acids is 1. The van der Waals surface area contributed by atoms with E-state index in [1.807, 2.05) is 4.90 Å². The number of rotatable bonds is 2. The summed E-state index contributed by atoms with van der Waals surface area (Å²) in [5.41, 5.74) is 6.08. The summed E-state index contributed by atoms with van der Waals surface area (Å²) in [5.74, 6) is 1.19. The number of hydrogen-bond acceptors (Lipinski definition) is 5. The van der Waals surface area contributed by atoms with Crippen LogP contribution in [0.4, 0.5) is 5.82 Å². The molecule has 0 spiro atoms. The van der Waals surface area contributed by atoms with E-state index in [9.17, 15) is 9.90 Å². The molecule has 1 aromatic heterocycles. The highest BCUT2D eigenvalue weighted by Crippen LogP contribution is 2.41. The van der Waals surface area contributed by atoms with Gasteiger partial charge < -0.3 is 15.7 Å². The zero-order valence-electron chi connectivity index (χ0n) is 13.3. The molecule has 4 rings (SSSR count). The molecule has 23 heavy (non-hydrogen) atoms. The molecule has 3 fully saturated rings. The third-order valence-electron chi connectivity index (χ3n) is 5.92. The van der Waals surface area contributed by atoms with Crippen molar-refractivity contribution < 1.29 is 9.90 Å². The summed E-state index contributed by atoms with van der Waals surface area (Å²) in [4.78, 5) is 17.2. The van der Waals surface area contributed by atoms with Gasteiger partial charge in [0.2, 0.25) is 0 Å². The van der Waals surface area contributed by atoms with Gasteiger partial charge in [0.25, 0.3) is 5.91 Å². The van der Waals surface area contributed by atoms with Crippen LogP contribution >= 0.6 is 0 Å². The molecular weight excluding hydrogens is 294 g/mol. The average Bonchev–Trinajstić information content (AvgIpc) is 3.01. The summed E-state index contributed by atoms with van der Waals surface area (Å²) in [6.45, 7) is 2.79. The first-order chi connectivity index (χ1) is 11.2. The van der Waals surface area contributed by atoms with E-state index in [0.717, 1.165) is 19.5 Å². The van der Waals surface area contributed by atoms with E-state index in [1.165, 1.54) is 19.3 Å². The lowest BCUT2D eigenvalue weighted by atomic mass is 9.72. The van der Waals surface area contributed by atoms with Crippen molar-refractivity contribution in [2.75, 3.05) is 32.0 Å². The topological polar surface area (TPSA) is 98.5 Å². The minimum atomic E-state index is -0.0233. The molecule has 3 aliphatic rings. The van der Waals surface area contributed by atoms with Gasteiger partial charge >= 0.3 is 0 Å². The monoisotopic (exact) mass is 319 g/mol. The van der Waals surface area contributed by atoms with Crippen LogP contribution in [-0.4, -0.2) is 69.3 Å². The maximum Gasteiger partial charge on any atom is 0.271 e. The Kier molecular flexibility index (Phi) is 3.77. The van der Waals surface area contributed by atoms with Crippen molar-refractivity contribution in [3.8, 4) is 0 Å². The van der Waals surface area contributed by atoms with Crippen LogP contribution in [-0.2, 0) is 0 Å². The fourth-order valence-corrected chi connectivity index (χ4v) is 4.94. The molecule has 0 radical (unpaired) electrons. The highest BCUT2D eigenvalue weighted by molar-refractivity contribution is 5.93. The predicted octanol–water partition coefficient (Wildman–Crippen LogP) is 0.299. The number of H-pyrrole nitrogens is 1. The second-order valence-corrected chi connectivity index (χ2v) is 7.22. The second-order valence-electron chi connectivity index (χ2n) is 7.22. The summed E-state index contributed by atoms with van der Waals surface area (Å²) >= 11 is 0. The third kappa shape index (κ3) is 2.52. The van der Waals surface area contributed by atoms with Gasteiger partial charge in [-0.15, -0.1) is 0 Å². The van der Waals surface area contributed by atoms with Crippen LogP contribution in [0.1, 0.15) is 36.2 Å². The Morgan fingerprint density at radius 2 is 2.22 bits per heavy atom. The standard InChI is InChI=1S/C16H25N5O2/c17-15-6-12(18-19-15)16(23)20-7-10-5-11(8-20)14(9-22)21-4-2-1-3-13(10)21/h6,10-11,13-14,22H,1-5,7-9H2,(H3,17,18,19)/t10-,11+,13+,14+/m1/s1. The van der Waals surface area contributed by atoms with E-state index in [1.54, 1.807) is 6.07 Å². The number of anilines is 1. The first-order valence-corrected chi connectivity index (χ1v) is 8.64. The number of nitrogens with zero attached hydrogens (tertiary/aromatic N) is 3. The van der Waals surface area contributed by atoms with Crippen molar-refractivity contribution in [1.82, 2.24) is 20.0 Å². The SMILES string of the molecule is Nc1cc(C(=O)N2C[C@H]3C[C@@H](C2)[C@H](CO)N2CCCC[C@@H]32)[nH]n1. The van der Waals surface area contributed by atoms with E-state index in [0.29, 0.717) is 35.9 Å². The number of aliphatic hydroxyl groups excluding tert-OH is 1. The van der Waals surface area contributed by atoms with Crippen molar-refractivity contribution >= 4 is 11.7 Å². The fourth-order valence-electron chi connectivity index (χ4n) is 4.94. The van der Waals surface area contributed by atoms with E-state index in [-0.39, 0.29) is 18.6 Å². The molecule has 7 nitrogen and oxygen atoms in total. The largest absolute Gasteiger partial charge is 0.395 e. The molecule has 7 heteroatoms. The smallest absolute Gasteiger partial charge is 0.271 e. The number of hydrogen-bond donors (Lipinski definition) is 3. The number of piperidine rings is 3. The number of aromatic nitrogens is 2. The number of nitrogen functional groups attached to an aromatic ring is 1. The maximum atomic E-state index is 12.7. The molecule has 4 N–H and O–H groups in total. The number of likely N-dealkylation sites (tertiary alicyclic amines) is 1. The van der Waals surface area contributed by atoms with E-state index >= 15 is 0 Å².